The van der Waals surface area contributed by atoms with Gasteiger partial charge in [0.15, 0.2) is 17.8 Å². The van der Waals surface area contributed by atoms with Crippen LogP contribution in [0.1, 0.15) is 23.5 Å². The third-order valence-electron chi connectivity index (χ3n) is 5.28. The molecule has 10 nitrogen and oxygen atoms in total. The van der Waals surface area contributed by atoms with Crippen LogP contribution in [0.15, 0.2) is 47.4 Å². The number of carbonyl (C=O) groups excluding carboxylic acids is 1. The number of amides is 1. The fourth-order valence-corrected chi connectivity index (χ4v) is 3.63. The van der Waals surface area contributed by atoms with Crippen LogP contribution < -0.4 is 20.3 Å². The van der Waals surface area contributed by atoms with Gasteiger partial charge in [-0.05, 0) is 29.8 Å². The zero-order valence-corrected chi connectivity index (χ0v) is 17.6. The second-order valence-corrected chi connectivity index (χ2v) is 7.16. The first kappa shape index (κ1) is 21.6. The van der Waals surface area contributed by atoms with Crippen molar-refractivity contribution in [2.24, 2.45) is 0 Å². The van der Waals surface area contributed by atoms with E-state index in [0.29, 0.717) is 22.7 Å². The summed E-state index contributed by atoms with van der Waals surface area (Å²) >= 11 is 0. The molecule has 0 bridgehead atoms. The molecule has 1 aromatic carbocycles. The second kappa shape index (κ2) is 9.25. The lowest BCUT2D eigenvalue weighted by Gasteiger charge is -2.20. The lowest BCUT2D eigenvalue weighted by atomic mass is 9.89. The van der Waals surface area contributed by atoms with Crippen molar-refractivity contribution in [3.8, 4) is 17.4 Å². The smallest absolute Gasteiger partial charge is 0.265 e. The molecular weight excluding hydrogens is 418 g/mol. The van der Waals surface area contributed by atoms with Crippen LogP contribution in [0.3, 0.4) is 0 Å². The standard InChI is InChI=1S/C22H23N3O7/c1-29-19(30-2)11-23-18(26)10-14(13-6-7-15-16(9-13)32-12-31-15)20-21(27)24-17-5-3-4-8-25(17)22(20)28/h3-9,14,19,27H,10-12H2,1-2H3,(H,23,26). The van der Waals surface area contributed by atoms with Gasteiger partial charge in [-0.2, -0.15) is 4.98 Å². The zero-order valence-electron chi connectivity index (χ0n) is 17.6. The van der Waals surface area contributed by atoms with E-state index in [-0.39, 0.29) is 31.2 Å². The van der Waals surface area contributed by atoms with Crippen LogP contribution in [0.4, 0.5) is 0 Å². The quantitative estimate of drug-likeness (QED) is 0.503. The molecule has 0 radical (unpaired) electrons. The van der Waals surface area contributed by atoms with Crippen molar-refractivity contribution in [3.05, 3.63) is 64.1 Å². The van der Waals surface area contributed by atoms with Crippen molar-refractivity contribution in [3.63, 3.8) is 0 Å². The summed E-state index contributed by atoms with van der Waals surface area (Å²) in [4.78, 5) is 30.2. The summed E-state index contributed by atoms with van der Waals surface area (Å²) < 4.78 is 22.3. The number of nitrogens with one attached hydrogen (secondary N) is 1. The molecule has 1 aliphatic rings. The van der Waals surface area contributed by atoms with E-state index in [1.54, 1.807) is 42.6 Å². The number of benzene rings is 1. The second-order valence-electron chi connectivity index (χ2n) is 7.16. The number of fused-ring (bicyclic) bond motifs is 2. The molecule has 3 heterocycles. The molecule has 0 saturated carbocycles. The van der Waals surface area contributed by atoms with E-state index in [4.69, 9.17) is 18.9 Å². The Morgan fingerprint density at radius 3 is 2.78 bits per heavy atom. The Labute approximate surface area is 183 Å². The first-order chi connectivity index (χ1) is 15.5. The largest absolute Gasteiger partial charge is 0.493 e. The Balaban J connectivity index is 1.74. The molecule has 3 aromatic rings. The lowest BCUT2D eigenvalue weighted by Crippen LogP contribution is -2.35. The van der Waals surface area contributed by atoms with Crippen molar-refractivity contribution in [1.82, 2.24) is 14.7 Å². The summed E-state index contributed by atoms with van der Waals surface area (Å²) in [5.41, 5.74) is 0.452. The van der Waals surface area contributed by atoms with Gasteiger partial charge in [-0.3, -0.25) is 14.0 Å². The minimum absolute atomic E-state index is 0.0118. The number of ether oxygens (including phenoxy) is 4. The van der Waals surface area contributed by atoms with Gasteiger partial charge in [0, 0.05) is 32.8 Å². The third-order valence-corrected chi connectivity index (χ3v) is 5.28. The third kappa shape index (κ3) is 4.23. The summed E-state index contributed by atoms with van der Waals surface area (Å²) in [5, 5.41) is 13.4. The van der Waals surface area contributed by atoms with Gasteiger partial charge in [0.2, 0.25) is 18.6 Å². The summed E-state index contributed by atoms with van der Waals surface area (Å²) in [6.45, 7) is 0.214. The Morgan fingerprint density at radius 2 is 2.00 bits per heavy atom. The Morgan fingerprint density at radius 1 is 1.22 bits per heavy atom. The Kier molecular flexibility index (Phi) is 6.24. The normalized spacial score (nSPS) is 13.5. The molecule has 1 atom stereocenters. The number of pyridine rings is 1. The molecule has 0 aliphatic carbocycles. The molecule has 2 aromatic heterocycles. The number of hydrogen-bond donors (Lipinski definition) is 2. The summed E-state index contributed by atoms with van der Waals surface area (Å²) in [7, 11) is 2.94. The van der Waals surface area contributed by atoms with Gasteiger partial charge in [0.1, 0.15) is 5.65 Å². The van der Waals surface area contributed by atoms with Crippen molar-refractivity contribution in [2.45, 2.75) is 18.6 Å². The maximum atomic E-state index is 13.3. The van der Waals surface area contributed by atoms with Gasteiger partial charge in [-0.1, -0.05) is 12.1 Å². The minimum Gasteiger partial charge on any atom is -0.493 e. The molecule has 32 heavy (non-hydrogen) atoms. The van der Waals surface area contributed by atoms with Gasteiger partial charge in [-0.15, -0.1) is 0 Å². The highest BCUT2D eigenvalue weighted by Crippen LogP contribution is 2.38. The number of carbonyl (C=O) groups is 1. The number of methoxy groups -OCH3 is 2. The SMILES string of the molecule is COC(CNC(=O)CC(c1ccc2c(c1)OCO2)c1c(O)nc2ccccn2c1=O)OC. The van der Waals surface area contributed by atoms with E-state index in [1.165, 1.54) is 18.6 Å². The van der Waals surface area contributed by atoms with Gasteiger partial charge >= 0.3 is 0 Å². The highest BCUT2D eigenvalue weighted by Gasteiger charge is 2.28. The monoisotopic (exact) mass is 441 g/mol. The van der Waals surface area contributed by atoms with Gasteiger partial charge in [0.05, 0.1) is 12.1 Å². The molecule has 1 aliphatic heterocycles. The number of aromatic hydroxyl groups is 1. The molecule has 0 saturated heterocycles. The van der Waals surface area contributed by atoms with Crippen molar-refractivity contribution >= 4 is 11.6 Å². The first-order valence-electron chi connectivity index (χ1n) is 9.94. The first-order valence-corrected chi connectivity index (χ1v) is 9.94. The van der Waals surface area contributed by atoms with E-state index >= 15 is 0 Å². The molecule has 2 N–H and O–H groups in total. The van der Waals surface area contributed by atoms with E-state index in [1.807, 2.05) is 0 Å². The number of hydrogen-bond acceptors (Lipinski definition) is 8. The van der Waals surface area contributed by atoms with Crippen LogP contribution in [0.25, 0.3) is 5.65 Å². The lowest BCUT2D eigenvalue weighted by molar-refractivity contribution is -0.127. The predicted molar refractivity (Wildman–Crippen MR) is 113 cm³/mol. The van der Waals surface area contributed by atoms with Gasteiger partial charge < -0.3 is 29.4 Å². The predicted octanol–water partition coefficient (Wildman–Crippen LogP) is 1.39. The highest BCUT2D eigenvalue weighted by molar-refractivity contribution is 5.77. The average molecular weight is 441 g/mol. The molecule has 168 valence electrons. The number of aromatic nitrogens is 2. The van der Waals surface area contributed by atoms with Crippen LogP contribution >= 0.6 is 0 Å². The summed E-state index contributed by atoms with van der Waals surface area (Å²) in [5.74, 6) is -0.505. The van der Waals surface area contributed by atoms with E-state index in [0.717, 1.165) is 0 Å². The fraction of sp³-hybridized carbons (Fsp3) is 0.318. The highest BCUT2D eigenvalue weighted by atomic mass is 16.7. The Bertz CT molecular complexity index is 1190. The molecule has 1 unspecified atom stereocenters. The van der Waals surface area contributed by atoms with Crippen LogP contribution in [-0.2, 0) is 14.3 Å². The van der Waals surface area contributed by atoms with Gasteiger partial charge in [0.25, 0.3) is 5.56 Å². The summed E-state index contributed by atoms with van der Waals surface area (Å²) in [6.07, 6.45) is 0.833. The topological polar surface area (TPSA) is 121 Å². The number of rotatable bonds is 8. The molecule has 1 amide bonds. The molecule has 0 fully saturated rings. The van der Waals surface area contributed by atoms with E-state index in [2.05, 4.69) is 10.3 Å². The molecular formula is C22H23N3O7. The zero-order chi connectivity index (χ0) is 22.7. The molecule has 4 rings (SSSR count). The summed E-state index contributed by atoms with van der Waals surface area (Å²) in [6, 6.07) is 10.2. The van der Waals surface area contributed by atoms with Gasteiger partial charge in [-0.25, -0.2) is 0 Å². The van der Waals surface area contributed by atoms with Crippen molar-refractivity contribution < 1.29 is 28.8 Å². The number of nitrogens with zero attached hydrogens (tertiary/aromatic N) is 2. The van der Waals surface area contributed by atoms with E-state index in [9.17, 15) is 14.7 Å². The van der Waals surface area contributed by atoms with Crippen LogP contribution in [0.2, 0.25) is 0 Å². The van der Waals surface area contributed by atoms with E-state index < -0.39 is 23.6 Å². The average Bonchev–Trinajstić information content (AvgIpc) is 3.27. The van der Waals surface area contributed by atoms with Crippen molar-refractivity contribution in [1.29, 1.82) is 0 Å². The van der Waals surface area contributed by atoms with Crippen LogP contribution in [-0.4, -0.2) is 54.2 Å². The van der Waals surface area contributed by atoms with Crippen LogP contribution in [0.5, 0.6) is 17.4 Å². The maximum absolute atomic E-state index is 13.3. The fourth-order valence-electron chi connectivity index (χ4n) is 3.63. The molecule has 10 heteroatoms. The molecule has 0 spiro atoms. The Hall–Kier alpha value is -3.63. The van der Waals surface area contributed by atoms with Crippen LogP contribution in [0, 0.1) is 0 Å². The van der Waals surface area contributed by atoms with Crippen molar-refractivity contribution in [2.75, 3.05) is 27.6 Å². The maximum Gasteiger partial charge on any atom is 0.265 e. The minimum atomic E-state index is -0.787.